The third-order valence-electron chi connectivity index (χ3n) is 5.45. The number of nitrogens with zero attached hydrogens (tertiary/aromatic N) is 3. The Morgan fingerprint density at radius 2 is 2.00 bits per heavy atom. The highest BCUT2D eigenvalue weighted by molar-refractivity contribution is 14.0. The minimum Gasteiger partial charge on any atom is -0.370 e. The fourth-order valence-electron chi connectivity index (χ4n) is 3.75. The minimum absolute atomic E-state index is 0. The molecule has 1 aliphatic carbocycles. The number of ether oxygens (including phenoxy) is 1. The predicted octanol–water partition coefficient (Wildman–Crippen LogP) is 2.96. The maximum Gasteiger partial charge on any atom is 0.243 e. The van der Waals surface area contributed by atoms with Crippen molar-refractivity contribution in [2.45, 2.75) is 44.8 Å². The molecule has 0 bridgehead atoms. The normalized spacial score (nSPS) is 20.6. The number of amides is 1. The Morgan fingerprint density at radius 3 is 2.68 bits per heavy atom. The summed E-state index contributed by atoms with van der Waals surface area (Å²) < 4.78 is 6.06. The molecule has 1 unspecified atom stereocenters. The van der Waals surface area contributed by atoms with Crippen molar-refractivity contribution in [3.8, 4) is 0 Å². The van der Waals surface area contributed by atoms with Crippen molar-refractivity contribution in [2.75, 3.05) is 40.3 Å². The number of guanidine groups is 1. The van der Waals surface area contributed by atoms with Crippen LogP contribution in [-0.2, 0) is 9.53 Å². The van der Waals surface area contributed by atoms with Crippen molar-refractivity contribution in [1.29, 1.82) is 0 Å². The molecule has 0 aromatic heterocycles. The summed E-state index contributed by atoms with van der Waals surface area (Å²) in [6, 6.07) is 8.84. The second-order valence-corrected chi connectivity index (χ2v) is 7.72. The minimum atomic E-state index is 0. The molecule has 6 nitrogen and oxygen atoms in total. The van der Waals surface area contributed by atoms with Crippen LogP contribution in [0.3, 0.4) is 0 Å². The van der Waals surface area contributed by atoms with Gasteiger partial charge in [-0.2, -0.15) is 0 Å². The number of hydrogen-bond acceptors (Lipinski definition) is 3. The fourth-order valence-corrected chi connectivity index (χ4v) is 3.75. The van der Waals surface area contributed by atoms with E-state index < -0.39 is 0 Å². The molecule has 2 fully saturated rings. The van der Waals surface area contributed by atoms with Crippen LogP contribution in [-0.4, -0.2) is 68.0 Å². The highest BCUT2D eigenvalue weighted by Crippen LogP contribution is 2.25. The zero-order chi connectivity index (χ0) is 19.2. The Bertz CT molecular complexity index is 674. The number of morpholine rings is 1. The number of carbonyl (C=O) groups excluding carboxylic acids is 1. The molecule has 0 spiro atoms. The second kappa shape index (κ2) is 11.0. The molecule has 1 atom stereocenters. The lowest BCUT2D eigenvalue weighted by molar-refractivity contribution is -0.127. The van der Waals surface area contributed by atoms with Gasteiger partial charge in [0.05, 0.1) is 13.2 Å². The van der Waals surface area contributed by atoms with Gasteiger partial charge in [0.2, 0.25) is 5.91 Å². The maximum atomic E-state index is 12.0. The van der Waals surface area contributed by atoms with Gasteiger partial charge in [0, 0.05) is 26.7 Å². The molecule has 1 saturated heterocycles. The standard InChI is InChI=1S/C21H32N4O2.HI/c1-16-8-4-7-11-18(16)19-15-25(12-13-27-19)21(22-14-20(26)24(2)3)23-17-9-5-6-10-17;/h4,7-8,11,17,19H,5-6,9-10,12-15H2,1-3H3,(H,22,23);1H. The van der Waals surface area contributed by atoms with Gasteiger partial charge in [-0.1, -0.05) is 37.1 Å². The number of benzene rings is 1. The smallest absolute Gasteiger partial charge is 0.243 e. The Kier molecular flexibility index (Phi) is 9.01. The third kappa shape index (κ3) is 6.07. The van der Waals surface area contributed by atoms with Crippen LogP contribution >= 0.6 is 24.0 Å². The molecular formula is C21H33IN4O2. The summed E-state index contributed by atoms with van der Waals surface area (Å²) in [5.74, 6) is 0.864. The van der Waals surface area contributed by atoms with Gasteiger partial charge in [0.1, 0.15) is 12.6 Å². The van der Waals surface area contributed by atoms with Crippen molar-refractivity contribution in [2.24, 2.45) is 4.99 Å². The summed E-state index contributed by atoms with van der Waals surface area (Å²) in [6.07, 6.45) is 4.89. The van der Waals surface area contributed by atoms with Crippen LogP contribution < -0.4 is 5.32 Å². The van der Waals surface area contributed by atoms with Gasteiger partial charge in [-0.3, -0.25) is 4.79 Å². The first kappa shape index (κ1) is 22.9. The van der Waals surface area contributed by atoms with Crippen molar-refractivity contribution in [3.05, 3.63) is 35.4 Å². The lowest BCUT2D eigenvalue weighted by Crippen LogP contribution is -2.50. The van der Waals surface area contributed by atoms with Gasteiger partial charge >= 0.3 is 0 Å². The van der Waals surface area contributed by atoms with Gasteiger partial charge in [0.15, 0.2) is 5.96 Å². The molecule has 7 heteroatoms. The summed E-state index contributed by atoms with van der Waals surface area (Å²) >= 11 is 0. The van der Waals surface area contributed by atoms with Crippen LogP contribution in [0.15, 0.2) is 29.3 Å². The van der Waals surface area contributed by atoms with E-state index in [4.69, 9.17) is 4.74 Å². The number of rotatable bonds is 4. The lowest BCUT2D eigenvalue weighted by atomic mass is 10.0. The van der Waals surface area contributed by atoms with E-state index in [0.717, 1.165) is 19.0 Å². The molecule has 156 valence electrons. The van der Waals surface area contributed by atoms with Crippen LogP contribution in [0.25, 0.3) is 0 Å². The van der Waals surface area contributed by atoms with E-state index in [2.05, 4.69) is 46.4 Å². The van der Waals surface area contributed by atoms with Crippen LogP contribution in [0.5, 0.6) is 0 Å². The Labute approximate surface area is 185 Å². The zero-order valence-electron chi connectivity index (χ0n) is 17.2. The summed E-state index contributed by atoms with van der Waals surface area (Å²) in [5, 5.41) is 3.62. The number of nitrogens with one attached hydrogen (secondary N) is 1. The van der Waals surface area contributed by atoms with Gasteiger partial charge in [-0.05, 0) is 30.9 Å². The molecule has 1 heterocycles. The monoisotopic (exact) mass is 500 g/mol. The molecule has 1 aliphatic heterocycles. The number of aryl methyl sites for hydroxylation is 1. The zero-order valence-corrected chi connectivity index (χ0v) is 19.5. The summed E-state index contributed by atoms with van der Waals surface area (Å²) in [6.45, 7) is 4.50. The fraction of sp³-hybridized carbons (Fsp3) is 0.619. The van der Waals surface area contributed by atoms with E-state index >= 15 is 0 Å². The Morgan fingerprint density at radius 1 is 1.29 bits per heavy atom. The number of likely N-dealkylation sites (N-methyl/N-ethyl adjacent to an activating group) is 1. The molecule has 28 heavy (non-hydrogen) atoms. The Hall–Kier alpha value is -1.35. The van der Waals surface area contributed by atoms with Crippen LogP contribution in [0, 0.1) is 6.92 Å². The van der Waals surface area contributed by atoms with Crippen LogP contribution in [0.1, 0.15) is 42.9 Å². The average Bonchev–Trinajstić information content (AvgIpc) is 3.18. The van der Waals surface area contributed by atoms with E-state index in [1.165, 1.54) is 36.8 Å². The third-order valence-corrected chi connectivity index (χ3v) is 5.45. The van der Waals surface area contributed by atoms with Crippen LogP contribution in [0.2, 0.25) is 0 Å². The van der Waals surface area contributed by atoms with E-state index in [0.29, 0.717) is 12.6 Å². The van der Waals surface area contributed by atoms with Gasteiger partial charge in [-0.25, -0.2) is 4.99 Å². The first-order valence-corrected chi connectivity index (χ1v) is 9.98. The quantitative estimate of drug-likeness (QED) is 0.393. The largest absolute Gasteiger partial charge is 0.370 e. The molecule has 1 saturated carbocycles. The molecule has 2 aliphatic rings. The molecule has 1 amide bonds. The molecule has 0 radical (unpaired) electrons. The van der Waals surface area contributed by atoms with E-state index in [1.807, 2.05) is 0 Å². The summed E-state index contributed by atoms with van der Waals surface area (Å²) in [5.41, 5.74) is 2.47. The Balaban J connectivity index is 0.00000280. The molecular weight excluding hydrogens is 467 g/mol. The van der Waals surface area contributed by atoms with Gasteiger partial charge in [-0.15, -0.1) is 24.0 Å². The lowest BCUT2D eigenvalue weighted by Gasteiger charge is -2.36. The average molecular weight is 500 g/mol. The van der Waals surface area contributed by atoms with Crippen molar-refractivity contribution >= 4 is 35.8 Å². The van der Waals surface area contributed by atoms with E-state index in [9.17, 15) is 4.79 Å². The maximum absolute atomic E-state index is 12.0. The highest BCUT2D eigenvalue weighted by atomic mass is 127. The number of hydrogen-bond donors (Lipinski definition) is 1. The van der Waals surface area contributed by atoms with Gasteiger partial charge < -0.3 is 19.9 Å². The van der Waals surface area contributed by atoms with Crippen molar-refractivity contribution in [3.63, 3.8) is 0 Å². The number of carbonyl (C=O) groups is 1. The van der Waals surface area contributed by atoms with Gasteiger partial charge in [0.25, 0.3) is 0 Å². The first-order valence-electron chi connectivity index (χ1n) is 9.98. The molecule has 1 aromatic carbocycles. The highest BCUT2D eigenvalue weighted by Gasteiger charge is 2.27. The summed E-state index contributed by atoms with van der Waals surface area (Å²) in [4.78, 5) is 20.6. The molecule has 1 aromatic rings. The van der Waals surface area contributed by atoms with E-state index in [-0.39, 0.29) is 42.5 Å². The summed E-state index contributed by atoms with van der Waals surface area (Å²) in [7, 11) is 3.54. The predicted molar refractivity (Wildman–Crippen MR) is 123 cm³/mol. The topological polar surface area (TPSA) is 57.2 Å². The molecule has 3 rings (SSSR count). The number of aliphatic imine (C=N–C) groups is 1. The SMILES string of the molecule is Cc1ccccc1C1CN(C(=NCC(=O)N(C)C)NC2CCCC2)CCO1.I. The van der Waals surface area contributed by atoms with E-state index in [1.54, 1.807) is 19.0 Å². The van der Waals surface area contributed by atoms with Crippen LogP contribution in [0.4, 0.5) is 0 Å². The first-order chi connectivity index (χ1) is 13.0. The second-order valence-electron chi connectivity index (χ2n) is 7.72. The molecule has 1 N–H and O–H groups in total. The van der Waals surface area contributed by atoms with Crippen molar-refractivity contribution < 1.29 is 9.53 Å². The number of halogens is 1. The van der Waals surface area contributed by atoms with Crippen molar-refractivity contribution in [1.82, 2.24) is 15.1 Å².